The zero-order valence-electron chi connectivity index (χ0n) is 13.5. The Balaban J connectivity index is 1.79. The van der Waals surface area contributed by atoms with Crippen LogP contribution in [0.3, 0.4) is 0 Å². The van der Waals surface area contributed by atoms with E-state index in [0.717, 1.165) is 17.0 Å². The van der Waals surface area contributed by atoms with Gasteiger partial charge in [-0.05, 0) is 31.2 Å². The van der Waals surface area contributed by atoms with Crippen molar-refractivity contribution in [3.63, 3.8) is 0 Å². The van der Waals surface area contributed by atoms with Crippen LogP contribution in [0, 0.1) is 0 Å². The number of rotatable bonds is 3. The number of urea groups is 1. The molecule has 122 valence electrons. The third kappa shape index (κ3) is 3.12. The number of hydrogen-bond acceptors (Lipinski definition) is 3. The first kappa shape index (κ1) is 15.7. The van der Waals surface area contributed by atoms with E-state index < -0.39 is 0 Å². The lowest BCUT2D eigenvalue weighted by Gasteiger charge is -2.22. The standard InChI is InChI=1S/C18H18N4O2/c1-12-16(20-21-18(24)19-12)13-8-10-15(11-9-13)22(2)17(23)14-6-4-3-5-7-14/h3-12H,1-2H3,(H2,19,21,24). The van der Waals surface area contributed by atoms with Crippen molar-refractivity contribution in [1.82, 2.24) is 10.7 Å². The van der Waals surface area contributed by atoms with Crippen LogP contribution in [0.25, 0.3) is 0 Å². The third-order valence-corrected chi connectivity index (χ3v) is 3.91. The molecule has 6 heteroatoms. The highest BCUT2D eigenvalue weighted by molar-refractivity contribution is 6.08. The molecular weight excluding hydrogens is 304 g/mol. The summed E-state index contributed by atoms with van der Waals surface area (Å²) in [5.41, 5.74) is 5.47. The zero-order chi connectivity index (χ0) is 17.1. The molecule has 0 aromatic heterocycles. The van der Waals surface area contributed by atoms with Crippen LogP contribution in [0.4, 0.5) is 10.5 Å². The first-order chi connectivity index (χ1) is 11.6. The Morgan fingerprint density at radius 2 is 1.75 bits per heavy atom. The molecule has 1 atom stereocenters. The third-order valence-electron chi connectivity index (χ3n) is 3.91. The average Bonchev–Trinajstić information content (AvgIpc) is 2.61. The molecule has 1 unspecified atom stereocenters. The van der Waals surface area contributed by atoms with E-state index in [-0.39, 0.29) is 18.0 Å². The van der Waals surface area contributed by atoms with Gasteiger partial charge in [0.05, 0.1) is 11.8 Å². The number of nitrogens with one attached hydrogen (secondary N) is 2. The van der Waals surface area contributed by atoms with Gasteiger partial charge in [0, 0.05) is 23.9 Å². The van der Waals surface area contributed by atoms with Crippen molar-refractivity contribution >= 4 is 23.3 Å². The van der Waals surface area contributed by atoms with Crippen LogP contribution in [-0.2, 0) is 0 Å². The van der Waals surface area contributed by atoms with E-state index in [9.17, 15) is 9.59 Å². The summed E-state index contributed by atoms with van der Waals surface area (Å²) in [7, 11) is 1.74. The van der Waals surface area contributed by atoms with Crippen LogP contribution in [0.2, 0.25) is 0 Å². The fourth-order valence-corrected chi connectivity index (χ4v) is 2.57. The molecule has 0 saturated carbocycles. The maximum atomic E-state index is 12.5. The summed E-state index contributed by atoms with van der Waals surface area (Å²) < 4.78 is 0. The molecule has 0 saturated heterocycles. The van der Waals surface area contributed by atoms with Crippen molar-refractivity contribution < 1.29 is 9.59 Å². The molecule has 2 aromatic carbocycles. The van der Waals surface area contributed by atoms with Crippen LogP contribution in [0.1, 0.15) is 22.8 Å². The van der Waals surface area contributed by atoms with Gasteiger partial charge in [-0.3, -0.25) is 4.79 Å². The molecule has 1 aliphatic heterocycles. The van der Waals surface area contributed by atoms with E-state index >= 15 is 0 Å². The number of amides is 3. The van der Waals surface area contributed by atoms with Gasteiger partial charge in [-0.15, -0.1) is 0 Å². The van der Waals surface area contributed by atoms with E-state index in [1.165, 1.54) is 0 Å². The van der Waals surface area contributed by atoms with Gasteiger partial charge >= 0.3 is 6.03 Å². The van der Waals surface area contributed by atoms with E-state index in [1.807, 2.05) is 49.4 Å². The number of carbonyl (C=O) groups is 2. The summed E-state index contributed by atoms with van der Waals surface area (Å²) >= 11 is 0. The largest absolute Gasteiger partial charge is 0.335 e. The van der Waals surface area contributed by atoms with Gasteiger partial charge in [0.1, 0.15) is 0 Å². The highest BCUT2D eigenvalue weighted by atomic mass is 16.2. The number of nitrogens with zero attached hydrogens (tertiary/aromatic N) is 2. The molecule has 2 N–H and O–H groups in total. The maximum absolute atomic E-state index is 12.5. The second-order valence-corrected chi connectivity index (χ2v) is 5.58. The van der Waals surface area contributed by atoms with Gasteiger partial charge in [-0.2, -0.15) is 5.10 Å². The summed E-state index contributed by atoms with van der Waals surface area (Å²) in [5, 5.41) is 6.85. The molecule has 3 rings (SSSR count). The molecule has 6 nitrogen and oxygen atoms in total. The molecule has 0 aliphatic carbocycles. The van der Waals surface area contributed by atoms with E-state index in [2.05, 4.69) is 15.8 Å². The molecule has 24 heavy (non-hydrogen) atoms. The Morgan fingerprint density at radius 1 is 1.08 bits per heavy atom. The summed E-state index contributed by atoms with van der Waals surface area (Å²) in [6.45, 7) is 1.87. The second-order valence-electron chi connectivity index (χ2n) is 5.58. The van der Waals surface area contributed by atoms with Crippen LogP contribution < -0.4 is 15.6 Å². The van der Waals surface area contributed by atoms with Crippen LogP contribution >= 0.6 is 0 Å². The summed E-state index contributed by atoms with van der Waals surface area (Å²) in [4.78, 5) is 25.3. The second kappa shape index (κ2) is 6.54. The van der Waals surface area contributed by atoms with Crippen molar-refractivity contribution in [2.75, 3.05) is 11.9 Å². The minimum absolute atomic E-state index is 0.0688. The average molecular weight is 322 g/mol. The Hall–Kier alpha value is -3.15. The monoisotopic (exact) mass is 322 g/mol. The number of benzene rings is 2. The maximum Gasteiger partial charge on any atom is 0.335 e. The van der Waals surface area contributed by atoms with Crippen molar-refractivity contribution in [1.29, 1.82) is 0 Å². The molecule has 0 bridgehead atoms. The van der Waals surface area contributed by atoms with Gasteiger partial charge in [-0.1, -0.05) is 30.3 Å². The molecule has 0 radical (unpaired) electrons. The van der Waals surface area contributed by atoms with Crippen molar-refractivity contribution in [2.45, 2.75) is 13.0 Å². The van der Waals surface area contributed by atoms with Gasteiger partial charge in [0.2, 0.25) is 0 Å². The minimum Gasteiger partial charge on any atom is -0.328 e. The lowest BCUT2D eigenvalue weighted by molar-refractivity contribution is 0.0993. The van der Waals surface area contributed by atoms with Crippen LogP contribution in [0.15, 0.2) is 59.7 Å². The Kier molecular flexibility index (Phi) is 4.29. The van der Waals surface area contributed by atoms with Crippen LogP contribution in [-0.4, -0.2) is 30.7 Å². The van der Waals surface area contributed by atoms with Crippen molar-refractivity contribution in [2.24, 2.45) is 5.10 Å². The first-order valence-corrected chi connectivity index (χ1v) is 7.64. The summed E-state index contributed by atoms with van der Waals surface area (Å²) in [6, 6.07) is 16.2. The molecule has 2 aromatic rings. The Morgan fingerprint density at radius 3 is 2.38 bits per heavy atom. The topological polar surface area (TPSA) is 73.8 Å². The first-order valence-electron chi connectivity index (χ1n) is 7.64. The smallest absolute Gasteiger partial charge is 0.328 e. The van der Waals surface area contributed by atoms with Gasteiger partial charge in [0.25, 0.3) is 5.91 Å². The molecular formula is C18H18N4O2. The molecule has 0 spiro atoms. The minimum atomic E-state index is -0.309. The van der Waals surface area contributed by atoms with Crippen molar-refractivity contribution in [3.8, 4) is 0 Å². The highest BCUT2D eigenvalue weighted by Crippen LogP contribution is 2.18. The summed E-state index contributed by atoms with van der Waals surface area (Å²) in [5.74, 6) is -0.0688. The fourth-order valence-electron chi connectivity index (χ4n) is 2.57. The van der Waals surface area contributed by atoms with E-state index in [0.29, 0.717) is 5.56 Å². The van der Waals surface area contributed by atoms with Crippen molar-refractivity contribution in [3.05, 3.63) is 65.7 Å². The SMILES string of the molecule is CC1NC(=O)NN=C1c1ccc(N(C)C(=O)c2ccccc2)cc1. The quantitative estimate of drug-likeness (QED) is 0.910. The summed E-state index contributed by atoms with van der Waals surface area (Å²) in [6.07, 6.45) is 0. The normalized spacial score (nSPS) is 16.7. The van der Waals surface area contributed by atoms with Crippen LogP contribution in [0.5, 0.6) is 0 Å². The predicted octanol–water partition coefficient (Wildman–Crippen LogP) is 2.37. The van der Waals surface area contributed by atoms with E-state index in [1.54, 1.807) is 24.1 Å². The molecule has 1 heterocycles. The van der Waals surface area contributed by atoms with Gasteiger partial charge < -0.3 is 10.2 Å². The number of carbonyl (C=O) groups excluding carboxylic acids is 2. The Bertz CT molecular complexity index is 784. The molecule has 1 aliphatic rings. The number of hydrazone groups is 1. The van der Waals surface area contributed by atoms with E-state index in [4.69, 9.17) is 0 Å². The van der Waals surface area contributed by atoms with Gasteiger partial charge in [-0.25, -0.2) is 10.2 Å². The number of hydrogen-bond donors (Lipinski definition) is 2. The lowest BCUT2D eigenvalue weighted by atomic mass is 10.0. The number of anilines is 1. The fraction of sp³-hybridized carbons (Fsp3) is 0.167. The molecule has 0 fully saturated rings. The molecule has 3 amide bonds. The highest BCUT2D eigenvalue weighted by Gasteiger charge is 2.20. The predicted molar refractivity (Wildman–Crippen MR) is 93.3 cm³/mol. The Labute approximate surface area is 140 Å². The van der Waals surface area contributed by atoms with Gasteiger partial charge in [0.15, 0.2) is 0 Å². The lowest BCUT2D eigenvalue weighted by Crippen LogP contribution is -2.48. The zero-order valence-corrected chi connectivity index (χ0v) is 13.5.